The highest BCUT2D eigenvalue weighted by Crippen LogP contribution is 2.22. The second-order valence-corrected chi connectivity index (χ2v) is 5.69. The van der Waals surface area contributed by atoms with Gasteiger partial charge >= 0.3 is 0 Å². The van der Waals surface area contributed by atoms with E-state index >= 15 is 0 Å². The van der Waals surface area contributed by atoms with Crippen LogP contribution >= 0.6 is 35.6 Å². The van der Waals surface area contributed by atoms with Crippen molar-refractivity contribution >= 4 is 41.5 Å². The fourth-order valence-electron chi connectivity index (χ4n) is 1.58. The molecule has 0 bridgehead atoms. The number of aliphatic imine (C=N–C) groups is 1. The number of guanidine groups is 1. The molecule has 0 heterocycles. The number of rotatable bonds is 3. The van der Waals surface area contributed by atoms with Crippen LogP contribution in [0, 0.1) is 0 Å². The van der Waals surface area contributed by atoms with Gasteiger partial charge in [0.05, 0.1) is 7.11 Å². The maximum Gasteiger partial charge on any atom is 0.191 e. The minimum atomic E-state index is -0.0358. The molecule has 0 radical (unpaired) electrons. The quantitative estimate of drug-likeness (QED) is 0.455. The van der Waals surface area contributed by atoms with E-state index in [1.54, 1.807) is 20.2 Å². The molecule has 114 valence electrons. The molecular formula is C14H23ClIN3O. The van der Waals surface area contributed by atoms with Crippen LogP contribution in [-0.2, 0) is 6.54 Å². The molecule has 6 heteroatoms. The molecule has 20 heavy (non-hydrogen) atoms. The highest BCUT2D eigenvalue weighted by molar-refractivity contribution is 14.0. The van der Waals surface area contributed by atoms with Gasteiger partial charge in [0.1, 0.15) is 5.75 Å². The van der Waals surface area contributed by atoms with Crippen molar-refractivity contribution in [3.8, 4) is 5.75 Å². The standard InChI is InChI=1S/C14H22ClN3O.HI/c1-14(2,3)18-13(16-4)17-9-10-6-7-11(15)8-12(10)19-5;/h6-8H,9H2,1-5H3,(H2,16,17,18);1H. The van der Waals surface area contributed by atoms with Gasteiger partial charge in [0, 0.05) is 29.7 Å². The van der Waals surface area contributed by atoms with Gasteiger partial charge < -0.3 is 15.4 Å². The summed E-state index contributed by atoms with van der Waals surface area (Å²) in [6.45, 7) is 6.88. The Morgan fingerprint density at radius 2 is 2.00 bits per heavy atom. The third-order valence-electron chi connectivity index (χ3n) is 2.41. The van der Waals surface area contributed by atoms with E-state index in [2.05, 4.69) is 36.4 Å². The highest BCUT2D eigenvalue weighted by atomic mass is 127. The summed E-state index contributed by atoms with van der Waals surface area (Å²) in [6, 6.07) is 5.60. The van der Waals surface area contributed by atoms with Gasteiger partial charge in [-0.1, -0.05) is 17.7 Å². The predicted octanol–water partition coefficient (Wildman–Crippen LogP) is 3.43. The van der Waals surface area contributed by atoms with Crippen LogP contribution in [0.15, 0.2) is 23.2 Å². The number of methoxy groups -OCH3 is 1. The van der Waals surface area contributed by atoms with Crippen molar-refractivity contribution in [1.29, 1.82) is 0 Å². The minimum Gasteiger partial charge on any atom is -0.496 e. The van der Waals surface area contributed by atoms with Crippen LogP contribution in [-0.4, -0.2) is 25.7 Å². The molecule has 4 nitrogen and oxygen atoms in total. The Bertz CT molecular complexity index is 458. The Morgan fingerprint density at radius 3 is 2.50 bits per heavy atom. The molecular weight excluding hydrogens is 389 g/mol. The molecule has 0 saturated heterocycles. The molecule has 0 atom stereocenters. The second kappa shape index (κ2) is 8.56. The Kier molecular flexibility index (Phi) is 8.27. The van der Waals surface area contributed by atoms with Gasteiger partial charge in [-0.05, 0) is 32.9 Å². The largest absolute Gasteiger partial charge is 0.496 e. The number of hydrogen-bond acceptors (Lipinski definition) is 2. The minimum absolute atomic E-state index is 0. The average Bonchev–Trinajstić information content (AvgIpc) is 2.34. The molecule has 0 aromatic heterocycles. The SMILES string of the molecule is CN=C(NCc1ccc(Cl)cc1OC)NC(C)(C)C.I. The number of benzene rings is 1. The van der Waals surface area contributed by atoms with Gasteiger partial charge in [-0.25, -0.2) is 0 Å². The summed E-state index contributed by atoms with van der Waals surface area (Å²) < 4.78 is 5.31. The van der Waals surface area contributed by atoms with E-state index in [0.717, 1.165) is 17.3 Å². The lowest BCUT2D eigenvalue weighted by atomic mass is 10.1. The molecule has 2 N–H and O–H groups in total. The Hall–Kier alpha value is -0.690. The third kappa shape index (κ3) is 6.65. The summed E-state index contributed by atoms with van der Waals surface area (Å²) >= 11 is 5.94. The average molecular weight is 412 g/mol. The molecule has 0 fully saturated rings. The van der Waals surface area contributed by atoms with Crippen LogP contribution in [0.25, 0.3) is 0 Å². The summed E-state index contributed by atoms with van der Waals surface area (Å²) in [7, 11) is 3.39. The Balaban J connectivity index is 0.00000361. The first kappa shape index (κ1) is 19.3. The first-order valence-corrected chi connectivity index (χ1v) is 6.55. The zero-order chi connectivity index (χ0) is 14.5. The fraction of sp³-hybridized carbons (Fsp3) is 0.500. The van der Waals surface area contributed by atoms with Crippen LogP contribution in [0.2, 0.25) is 5.02 Å². The van der Waals surface area contributed by atoms with E-state index in [4.69, 9.17) is 16.3 Å². The Morgan fingerprint density at radius 1 is 1.35 bits per heavy atom. The van der Waals surface area contributed by atoms with E-state index < -0.39 is 0 Å². The van der Waals surface area contributed by atoms with E-state index in [1.807, 2.05) is 12.1 Å². The maximum atomic E-state index is 5.94. The van der Waals surface area contributed by atoms with E-state index in [9.17, 15) is 0 Å². The third-order valence-corrected chi connectivity index (χ3v) is 2.65. The summed E-state index contributed by atoms with van der Waals surface area (Å²) in [5.41, 5.74) is 0.995. The molecule has 1 aromatic rings. The van der Waals surface area contributed by atoms with Gasteiger partial charge in [-0.15, -0.1) is 24.0 Å². The number of nitrogens with one attached hydrogen (secondary N) is 2. The predicted molar refractivity (Wildman–Crippen MR) is 96.5 cm³/mol. The number of nitrogens with zero attached hydrogens (tertiary/aromatic N) is 1. The van der Waals surface area contributed by atoms with E-state index in [-0.39, 0.29) is 29.5 Å². The molecule has 1 rings (SSSR count). The second-order valence-electron chi connectivity index (χ2n) is 5.26. The molecule has 0 aliphatic heterocycles. The first-order valence-electron chi connectivity index (χ1n) is 6.17. The molecule has 1 aromatic carbocycles. The van der Waals surface area contributed by atoms with Crippen LogP contribution in [0.4, 0.5) is 0 Å². The van der Waals surface area contributed by atoms with Crippen molar-refractivity contribution in [2.24, 2.45) is 4.99 Å². The first-order chi connectivity index (χ1) is 8.85. The van der Waals surface area contributed by atoms with Crippen molar-refractivity contribution in [2.75, 3.05) is 14.2 Å². The Labute approximate surface area is 143 Å². The number of ether oxygens (including phenoxy) is 1. The zero-order valence-corrected chi connectivity index (χ0v) is 15.7. The highest BCUT2D eigenvalue weighted by Gasteiger charge is 2.12. The van der Waals surface area contributed by atoms with Crippen molar-refractivity contribution in [3.63, 3.8) is 0 Å². The maximum absolute atomic E-state index is 5.94. The fourth-order valence-corrected chi connectivity index (χ4v) is 1.74. The molecule has 0 unspecified atom stereocenters. The van der Waals surface area contributed by atoms with E-state index in [0.29, 0.717) is 11.6 Å². The summed E-state index contributed by atoms with van der Waals surface area (Å²) in [5, 5.41) is 7.21. The number of hydrogen-bond donors (Lipinski definition) is 2. The van der Waals surface area contributed by atoms with Crippen LogP contribution in [0.1, 0.15) is 26.3 Å². The lowest BCUT2D eigenvalue weighted by Gasteiger charge is -2.24. The van der Waals surface area contributed by atoms with Gasteiger partial charge in [0.2, 0.25) is 0 Å². The van der Waals surface area contributed by atoms with Crippen molar-refractivity contribution in [2.45, 2.75) is 32.9 Å². The monoisotopic (exact) mass is 411 g/mol. The van der Waals surface area contributed by atoms with Crippen molar-refractivity contribution in [1.82, 2.24) is 10.6 Å². The molecule has 0 amide bonds. The zero-order valence-electron chi connectivity index (χ0n) is 12.6. The van der Waals surface area contributed by atoms with Crippen LogP contribution < -0.4 is 15.4 Å². The van der Waals surface area contributed by atoms with Gasteiger partial charge in [0.15, 0.2) is 5.96 Å². The molecule has 0 aliphatic carbocycles. The van der Waals surface area contributed by atoms with Gasteiger partial charge in [0.25, 0.3) is 0 Å². The molecule has 0 saturated carbocycles. The van der Waals surface area contributed by atoms with Crippen molar-refractivity contribution in [3.05, 3.63) is 28.8 Å². The van der Waals surface area contributed by atoms with Gasteiger partial charge in [-0.2, -0.15) is 0 Å². The van der Waals surface area contributed by atoms with E-state index in [1.165, 1.54) is 0 Å². The summed E-state index contributed by atoms with van der Waals surface area (Å²) in [5.74, 6) is 1.52. The lowest BCUT2D eigenvalue weighted by Crippen LogP contribution is -2.47. The van der Waals surface area contributed by atoms with Crippen molar-refractivity contribution < 1.29 is 4.74 Å². The number of halogens is 2. The normalized spacial score (nSPS) is 11.6. The lowest BCUT2D eigenvalue weighted by molar-refractivity contribution is 0.409. The smallest absolute Gasteiger partial charge is 0.191 e. The van der Waals surface area contributed by atoms with Gasteiger partial charge in [-0.3, -0.25) is 4.99 Å². The topological polar surface area (TPSA) is 45.7 Å². The molecule has 0 spiro atoms. The summed E-state index contributed by atoms with van der Waals surface area (Å²) in [4.78, 5) is 4.19. The van der Waals surface area contributed by atoms with Crippen LogP contribution in [0.3, 0.4) is 0 Å². The molecule has 0 aliphatic rings. The summed E-state index contributed by atoms with van der Waals surface area (Å²) in [6.07, 6.45) is 0. The van der Waals surface area contributed by atoms with Crippen LogP contribution in [0.5, 0.6) is 5.75 Å².